The number of likely N-dealkylation sites (tertiary alicyclic amines) is 1. The summed E-state index contributed by atoms with van der Waals surface area (Å²) >= 11 is 0. The molecule has 4 N–H and O–H groups in total. The molecule has 0 amide bonds. The van der Waals surface area contributed by atoms with Crippen LogP contribution in [0.5, 0.6) is 5.75 Å². The smallest absolute Gasteiger partial charge is 0.149 e. The van der Waals surface area contributed by atoms with E-state index in [1.807, 2.05) is 6.07 Å². The first kappa shape index (κ1) is 16.7. The summed E-state index contributed by atoms with van der Waals surface area (Å²) < 4.78 is 6.03. The predicted molar refractivity (Wildman–Crippen MR) is 99.8 cm³/mol. The zero-order chi connectivity index (χ0) is 16.9. The van der Waals surface area contributed by atoms with Crippen molar-refractivity contribution in [1.29, 1.82) is 0 Å². The number of nitrogen functional groups attached to an aromatic ring is 2. The first-order valence-electron chi connectivity index (χ1n) is 8.71. The van der Waals surface area contributed by atoms with Crippen LogP contribution in [0, 0.1) is 5.92 Å². The lowest BCUT2D eigenvalue weighted by Crippen LogP contribution is -2.43. The highest BCUT2D eigenvalue weighted by Crippen LogP contribution is 2.26. The Hall–Kier alpha value is -2.20. The molecule has 3 rings (SSSR count). The summed E-state index contributed by atoms with van der Waals surface area (Å²) in [6.07, 6.45) is 3.66. The van der Waals surface area contributed by atoms with Crippen LogP contribution >= 0.6 is 0 Å². The average Bonchev–Trinajstić information content (AvgIpc) is 2.60. The lowest BCUT2D eigenvalue weighted by molar-refractivity contribution is 0.0151. The third-order valence-corrected chi connectivity index (χ3v) is 4.90. The van der Waals surface area contributed by atoms with Crippen molar-refractivity contribution in [2.75, 3.05) is 24.6 Å². The minimum Gasteiger partial charge on any atom is -0.475 e. The SMILES string of the molecule is CC(Oc1ccc(N)c(N)c1)N1CCC(Cc2ccccc2)CC1. The van der Waals surface area contributed by atoms with E-state index in [4.69, 9.17) is 16.2 Å². The van der Waals surface area contributed by atoms with E-state index in [9.17, 15) is 0 Å². The molecule has 4 heteroatoms. The maximum Gasteiger partial charge on any atom is 0.149 e. The summed E-state index contributed by atoms with van der Waals surface area (Å²) in [7, 11) is 0. The largest absolute Gasteiger partial charge is 0.475 e. The van der Waals surface area contributed by atoms with E-state index < -0.39 is 0 Å². The number of hydrogen-bond acceptors (Lipinski definition) is 4. The van der Waals surface area contributed by atoms with Crippen molar-refractivity contribution in [1.82, 2.24) is 4.90 Å². The van der Waals surface area contributed by atoms with Gasteiger partial charge in [-0.1, -0.05) is 30.3 Å². The van der Waals surface area contributed by atoms with Crippen LogP contribution in [-0.4, -0.2) is 24.2 Å². The second-order valence-corrected chi connectivity index (χ2v) is 6.68. The van der Waals surface area contributed by atoms with Crippen molar-refractivity contribution in [2.24, 2.45) is 5.92 Å². The van der Waals surface area contributed by atoms with E-state index in [0.717, 1.165) is 24.8 Å². The van der Waals surface area contributed by atoms with Crippen molar-refractivity contribution < 1.29 is 4.74 Å². The summed E-state index contributed by atoms with van der Waals surface area (Å²) in [6, 6.07) is 16.3. The second kappa shape index (κ2) is 7.58. The minimum absolute atomic E-state index is 0.0469. The van der Waals surface area contributed by atoms with Gasteiger partial charge in [-0.3, -0.25) is 4.90 Å². The normalized spacial score (nSPS) is 17.5. The van der Waals surface area contributed by atoms with Gasteiger partial charge in [-0.15, -0.1) is 0 Å². The summed E-state index contributed by atoms with van der Waals surface area (Å²) in [6.45, 7) is 4.25. The molecule has 1 aliphatic heterocycles. The summed E-state index contributed by atoms with van der Waals surface area (Å²) in [5.41, 5.74) is 14.2. The fraction of sp³-hybridized carbons (Fsp3) is 0.400. The third kappa shape index (κ3) is 4.20. The number of ether oxygens (including phenoxy) is 1. The summed E-state index contributed by atoms with van der Waals surface area (Å²) in [5, 5.41) is 0. The van der Waals surface area contributed by atoms with E-state index in [0.29, 0.717) is 11.4 Å². The second-order valence-electron chi connectivity index (χ2n) is 6.68. The molecule has 0 aliphatic carbocycles. The maximum atomic E-state index is 6.03. The maximum absolute atomic E-state index is 6.03. The Labute approximate surface area is 144 Å². The van der Waals surface area contributed by atoms with E-state index in [1.165, 1.54) is 24.8 Å². The fourth-order valence-electron chi connectivity index (χ4n) is 3.37. The van der Waals surface area contributed by atoms with E-state index in [1.54, 1.807) is 12.1 Å². The molecule has 0 aromatic heterocycles. The Kier molecular flexibility index (Phi) is 5.26. The van der Waals surface area contributed by atoms with Gasteiger partial charge in [0.25, 0.3) is 0 Å². The molecule has 128 valence electrons. The number of rotatable bonds is 5. The van der Waals surface area contributed by atoms with Crippen LogP contribution in [-0.2, 0) is 6.42 Å². The van der Waals surface area contributed by atoms with Gasteiger partial charge in [-0.05, 0) is 49.8 Å². The molecule has 2 aromatic carbocycles. The molecule has 4 nitrogen and oxygen atoms in total. The first-order chi connectivity index (χ1) is 11.6. The van der Waals surface area contributed by atoms with Crippen molar-refractivity contribution in [3.63, 3.8) is 0 Å². The van der Waals surface area contributed by atoms with Gasteiger partial charge in [0.15, 0.2) is 0 Å². The highest BCUT2D eigenvalue weighted by molar-refractivity contribution is 5.65. The Morgan fingerprint density at radius 3 is 2.42 bits per heavy atom. The summed E-state index contributed by atoms with van der Waals surface area (Å²) in [4.78, 5) is 2.40. The van der Waals surface area contributed by atoms with Gasteiger partial charge in [-0.2, -0.15) is 0 Å². The zero-order valence-corrected chi connectivity index (χ0v) is 14.3. The molecule has 1 aliphatic rings. The van der Waals surface area contributed by atoms with Crippen molar-refractivity contribution in [3.8, 4) is 5.75 Å². The van der Waals surface area contributed by atoms with Gasteiger partial charge in [0.1, 0.15) is 12.0 Å². The Morgan fingerprint density at radius 1 is 1.04 bits per heavy atom. The third-order valence-electron chi connectivity index (χ3n) is 4.90. The first-order valence-corrected chi connectivity index (χ1v) is 8.71. The van der Waals surface area contributed by atoms with Crippen LogP contribution in [0.25, 0.3) is 0 Å². The highest BCUT2D eigenvalue weighted by atomic mass is 16.5. The molecule has 0 spiro atoms. The Bertz CT molecular complexity index is 651. The number of hydrogen-bond donors (Lipinski definition) is 2. The van der Waals surface area contributed by atoms with Gasteiger partial charge in [0.05, 0.1) is 11.4 Å². The van der Waals surface area contributed by atoms with Gasteiger partial charge in [0.2, 0.25) is 0 Å². The number of piperidine rings is 1. The van der Waals surface area contributed by atoms with Gasteiger partial charge >= 0.3 is 0 Å². The summed E-state index contributed by atoms with van der Waals surface area (Å²) in [5.74, 6) is 1.55. The molecule has 1 heterocycles. The van der Waals surface area contributed by atoms with Gasteiger partial charge in [-0.25, -0.2) is 0 Å². The van der Waals surface area contributed by atoms with Crippen LogP contribution in [0.15, 0.2) is 48.5 Å². The van der Waals surface area contributed by atoms with Crippen LogP contribution in [0.1, 0.15) is 25.3 Å². The fourth-order valence-corrected chi connectivity index (χ4v) is 3.37. The number of anilines is 2. The molecule has 1 unspecified atom stereocenters. The molecule has 1 atom stereocenters. The van der Waals surface area contributed by atoms with E-state index in [-0.39, 0.29) is 6.23 Å². The Balaban J connectivity index is 1.49. The van der Waals surface area contributed by atoms with E-state index >= 15 is 0 Å². The molecular weight excluding hydrogens is 298 g/mol. The van der Waals surface area contributed by atoms with Crippen molar-refractivity contribution in [2.45, 2.75) is 32.4 Å². The Morgan fingerprint density at radius 2 is 1.75 bits per heavy atom. The number of benzene rings is 2. The predicted octanol–water partition coefficient (Wildman–Crippen LogP) is 3.53. The monoisotopic (exact) mass is 325 g/mol. The molecule has 24 heavy (non-hydrogen) atoms. The van der Waals surface area contributed by atoms with Gasteiger partial charge < -0.3 is 16.2 Å². The quantitative estimate of drug-likeness (QED) is 0.826. The number of nitrogens with two attached hydrogens (primary N) is 2. The molecule has 2 aromatic rings. The lowest BCUT2D eigenvalue weighted by Gasteiger charge is -2.36. The lowest BCUT2D eigenvalue weighted by atomic mass is 9.90. The van der Waals surface area contributed by atoms with Crippen LogP contribution < -0.4 is 16.2 Å². The standard InChI is InChI=1S/C20H27N3O/c1-15(24-18-7-8-19(21)20(22)14-18)23-11-9-17(10-12-23)13-16-5-3-2-4-6-16/h2-8,14-15,17H,9-13,21-22H2,1H3. The topological polar surface area (TPSA) is 64.5 Å². The molecule has 0 saturated carbocycles. The van der Waals surface area contributed by atoms with Crippen molar-refractivity contribution >= 4 is 11.4 Å². The zero-order valence-electron chi connectivity index (χ0n) is 14.3. The average molecular weight is 325 g/mol. The van der Waals surface area contributed by atoms with E-state index in [2.05, 4.69) is 42.2 Å². The highest BCUT2D eigenvalue weighted by Gasteiger charge is 2.23. The minimum atomic E-state index is 0.0469. The van der Waals surface area contributed by atoms with Crippen LogP contribution in [0.3, 0.4) is 0 Å². The molecule has 0 radical (unpaired) electrons. The molecular formula is C20H27N3O. The molecule has 1 saturated heterocycles. The van der Waals surface area contributed by atoms with Crippen LogP contribution in [0.2, 0.25) is 0 Å². The van der Waals surface area contributed by atoms with Crippen LogP contribution in [0.4, 0.5) is 11.4 Å². The van der Waals surface area contributed by atoms with Crippen molar-refractivity contribution in [3.05, 3.63) is 54.1 Å². The molecule has 0 bridgehead atoms. The molecule has 1 fully saturated rings. The number of nitrogens with zero attached hydrogens (tertiary/aromatic N) is 1. The van der Waals surface area contributed by atoms with Gasteiger partial charge in [0, 0.05) is 19.2 Å².